The second-order valence-electron chi connectivity index (χ2n) is 7.59. The van der Waals surface area contributed by atoms with Gasteiger partial charge in [-0.25, -0.2) is 0 Å². The summed E-state index contributed by atoms with van der Waals surface area (Å²) in [6, 6.07) is 9.20. The van der Waals surface area contributed by atoms with Crippen molar-refractivity contribution in [3.63, 3.8) is 0 Å². The van der Waals surface area contributed by atoms with Gasteiger partial charge in [-0.2, -0.15) is 0 Å². The molecule has 1 fully saturated rings. The number of carbonyl (C=O) groups excluding carboxylic acids is 2. The van der Waals surface area contributed by atoms with Gasteiger partial charge in [0, 0.05) is 42.2 Å². The lowest BCUT2D eigenvalue weighted by atomic mass is 9.95. The quantitative estimate of drug-likeness (QED) is 0.867. The van der Waals surface area contributed by atoms with Crippen molar-refractivity contribution in [1.82, 2.24) is 9.88 Å². The number of hydrogen-bond acceptors (Lipinski definition) is 4. The summed E-state index contributed by atoms with van der Waals surface area (Å²) in [6.07, 6.45) is 4.85. The summed E-state index contributed by atoms with van der Waals surface area (Å²) in [5.74, 6) is -0.733. The van der Waals surface area contributed by atoms with Gasteiger partial charge in [-0.1, -0.05) is 12.1 Å². The first-order chi connectivity index (χ1) is 12.8. The summed E-state index contributed by atoms with van der Waals surface area (Å²) >= 11 is 0. The summed E-state index contributed by atoms with van der Waals surface area (Å²) < 4.78 is 0. The van der Waals surface area contributed by atoms with Crippen molar-refractivity contribution in [2.24, 2.45) is 11.7 Å². The molecule has 1 aliphatic rings. The molecule has 1 aliphatic heterocycles. The average Bonchev–Trinajstić information content (AvgIpc) is 2.67. The Morgan fingerprint density at radius 2 is 2.00 bits per heavy atom. The third-order valence-corrected chi connectivity index (χ3v) is 5.00. The molecule has 0 radical (unpaired) electrons. The van der Waals surface area contributed by atoms with E-state index in [0.717, 1.165) is 24.0 Å². The van der Waals surface area contributed by atoms with Gasteiger partial charge in [0.1, 0.15) is 0 Å². The van der Waals surface area contributed by atoms with Crippen molar-refractivity contribution in [2.75, 3.05) is 13.1 Å². The van der Waals surface area contributed by atoms with Gasteiger partial charge in [0.05, 0.1) is 11.5 Å². The van der Waals surface area contributed by atoms with Crippen LogP contribution in [0.2, 0.25) is 0 Å². The standard InChI is InChI=1S/C21H25N3O3/c1-21(2,27)18-10-17(11-23-12-18)14-5-3-6-15(9-14)20(26)24-8-4-7-16(13-24)19(22)25/h3,5-6,9-12,16,27H,4,7-8,13H2,1-2H3,(H2,22,25)/t16-/m1/s1. The van der Waals surface area contributed by atoms with Gasteiger partial charge in [-0.05, 0) is 50.5 Å². The topological polar surface area (TPSA) is 96.5 Å². The highest BCUT2D eigenvalue weighted by molar-refractivity contribution is 5.96. The highest BCUT2D eigenvalue weighted by Crippen LogP contribution is 2.26. The Morgan fingerprint density at radius 1 is 1.22 bits per heavy atom. The largest absolute Gasteiger partial charge is 0.386 e. The van der Waals surface area contributed by atoms with Crippen LogP contribution in [0.15, 0.2) is 42.7 Å². The zero-order valence-electron chi connectivity index (χ0n) is 15.7. The first-order valence-electron chi connectivity index (χ1n) is 9.12. The van der Waals surface area contributed by atoms with Crippen molar-refractivity contribution in [1.29, 1.82) is 0 Å². The molecule has 0 spiro atoms. The molecule has 3 N–H and O–H groups in total. The van der Waals surface area contributed by atoms with Crippen LogP contribution in [0.4, 0.5) is 0 Å². The van der Waals surface area contributed by atoms with Gasteiger partial charge >= 0.3 is 0 Å². The number of nitrogens with zero attached hydrogens (tertiary/aromatic N) is 2. The molecule has 3 rings (SSSR count). The van der Waals surface area contributed by atoms with Crippen LogP contribution in [-0.4, -0.2) is 39.9 Å². The molecule has 1 aromatic heterocycles. The van der Waals surface area contributed by atoms with Crippen LogP contribution in [-0.2, 0) is 10.4 Å². The minimum absolute atomic E-state index is 0.102. The predicted molar refractivity (Wildman–Crippen MR) is 103 cm³/mol. The fourth-order valence-corrected chi connectivity index (χ4v) is 3.34. The Morgan fingerprint density at radius 3 is 2.70 bits per heavy atom. The maximum absolute atomic E-state index is 12.9. The van der Waals surface area contributed by atoms with Gasteiger partial charge in [-0.3, -0.25) is 14.6 Å². The van der Waals surface area contributed by atoms with Crippen molar-refractivity contribution < 1.29 is 14.7 Å². The molecule has 0 unspecified atom stereocenters. The van der Waals surface area contributed by atoms with E-state index in [0.29, 0.717) is 24.2 Å². The highest BCUT2D eigenvalue weighted by atomic mass is 16.3. The monoisotopic (exact) mass is 367 g/mol. The lowest BCUT2D eigenvalue weighted by molar-refractivity contribution is -0.123. The number of amides is 2. The first kappa shape index (κ1) is 19.0. The summed E-state index contributed by atoms with van der Waals surface area (Å²) in [6.45, 7) is 4.41. The molecular weight excluding hydrogens is 342 g/mol. The lowest BCUT2D eigenvalue weighted by Crippen LogP contribution is -2.44. The summed E-state index contributed by atoms with van der Waals surface area (Å²) in [4.78, 5) is 30.3. The molecule has 2 aromatic rings. The van der Waals surface area contributed by atoms with Crippen LogP contribution < -0.4 is 5.73 Å². The number of carbonyl (C=O) groups is 2. The number of benzene rings is 1. The minimum atomic E-state index is -0.992. The zero-order chi connectivity index (χ0) is 19.6. The van der Waals surface area contributed by atoms with Crippen molar-refractivity contribution in [3.05, 3.63) is 53.9 Å². The molecule has 1 saturated heterocycles. The third kappa shape index (κ3) is 4.34. The zero-order valence-corrected chi connectivity index (χ0v) is 15.7. The van der Waals surface area contributed by atoms with Gasteiger partial charge in [0.2, 0.25) is 5.91 Å². The normalized spacial score (nSPS) is 17.6. The van der Waals surface area contributed by atoms with Crippen LogP contribution in [0.1, 0.15) is 42.6 Å². The predicted octanol–water partition coefficient (Wildman–Crippen LogP) is 2.31. The van der Waals surface area contributed by atoms with Crippen LogP contribution >= 0.6 is 0 Å². The lowest BCUT2D eigenvalue weighted by Gasteiger charge is -2.31. The maximum Gasteiger partial charge on any atom is 0.253 e. The number of aliphatic hydroxyl groups is 1. The molecule has 6 nitrogen and oxygen atoms in total. The maximum atomic E-state index is 12.9. The molecule has 142 valence electrons. The van der Waals surface area contributed by atoms with E-state index in [4.69, 9.17) is 5.73 Å². The van der Waals surface area contributed by atoms with Gasteiger partial charge < -0.3 is 15.7 Å². The number of rotatable bonds is 4. The Kier molecular flexibility index (Phi) is 5.28. The van der Waals surface area contributed by atoms with E-state index in [1.165, 1.54) is 0 Å². The number of hydrogen-bond donors (Lipinski definition) is 2. The molecule has 1 aromatic carbocycles. The molecule has 2 heterocycles. The SMILES string of the molecule is CC(C)(O)c1cncc(-c2cccc(C(=O)N3CCC[C@@H](C(N)=O)C3)c2)c1. The van der Waals surface area contributed by atoms with Crippen LogP contribution in [0, 0.1) is 5.92 Å². The molecule has 27 heavy (non-hydrogen) atoms. The molecule has 6 heteroatoms. The molecule has 1 atom stereocenters. The number of aromatic nitrogens is 1. The molecule has 0 saturated carbocycles. The van der Waals surface area contributed by atoms with E-state index in [1.807, 2.05) is 24.3 Å². The Hall–Kier alpha value is -2.73. The van der Waals surface area contributed by atoms with E-state index in [1.54, 1.807) is 37.2 Å². The number of nitrogens with two attached hydrogens (primary N) is 1. The smallest absolute Gasteiger partial charge is 0.253 e. The second-order valence-corrected chi connectivity index (χ2v) is 7.59. The van der Waals surface area contributed by atoms with E-state index in [-0.39, 0.29) is 17.7 Å². The van der Waals surface area contributed by atoms with Crippen LogP contribution in [0.3, 0.4) is 0 Å². The third-order valence-electron chi connectivity index (χ3n) is 5.00. The average molecular weight is 367 g/mol. The van der Waals surface area contributed by atoms with Gasteiger partial charge in [-0.15, -0.1) is 0 Å². The Labute approximate surface area is 159 Å². The Balaban J connectivity index is 1.86. The fraction of sp³-hybridized carbons (Fsp3) is 0.381. The van der Waals surface area contributed by atoms with Crippen LogP contribution in [0.5, 0.6) is 0 Å². The second kappa shape index (κ2) is 7.48. The van der Waals surface area contributed by atoms with E-state index >= 15 is 0 Å². The van der Waals surface area contributed by atoms with E-state index in [2.05, 4.69) is 4.98 Å². The molecular formula is C21H25N3O3. The fourth-order valence-electron chi connectivity index (χ4n) is 3.34. The number of pyridine rings is 1. The summed E-state index contributed by atoms with van der Waals surface area (Å²) in [7, 11) is 0. The minimum Gasteiger partial charge on any atom is -0.386 e. The van der Waals surface area contributed by atoms with Crippen molar-refractivity contribution in [2.45, 2.75) is 32.3 Å². The number of primary amides is 1. The van der Waals surface area contributed by atoms with E-state index < -0.39 is 5.60 Å². The van der Waals surface area contributed by atoms with E-state index in [9.17, 15) is 14.7 Å². The summed E-state index contributed by atoms with van der Waals surface area (Å²) in [5.41, 5.74) is 7.37. The Bertz CT molecular complexity index is 858. The molecule has 0 aliphatic carbocycles. The molecule has 2 amide bonds. The van der Waals surface area contributed by atoms with Crippen molar-refractivity contribution >= 4 is 11.8 Å². The van der Waals surface area contributed by atoms with Gasteiger partial charge in [0.15, 0.2) is 0 Å². The van der Waals surface area contributed by atoms with Gasteiger partial charge in [0.25, 0.3) is 5.91 Å². The molecule has 0 bridgehead atoms. The first-order valence-corrected chi connectivity index (χ1v) is 9.12. The van der Waals surface area contributed by atoms with Crippen LogP contribution in [0.25, 0.3) is 11.1 Å². The van der Waals surface area contributed by atoms with Crippen molar-refractivity contribution in [3.8, 4) is 11.1 Å². The number of piperidine rings is 1. The summed E-state index contributed by atoms with van der Waals surface area (Å²) in [5, 5.41) is 10.2. The highest BCUT2D eigenvalue weighted by Gasteiger charge is 2.27. The number of likely N-dealkylation sites (tertiary alicyclic amines) is 1.